The van der Waals surface area contributed by atoms with Crippen LogP contribution in [0.1, 0.15) is 59.3 Å². The first-order chi connectivity index (χ1) is 11.7. The van der Waals surface area contributed by atoms with Gasteiger partial charge in [-0.2, -0.15) is 0 Å². The predicted molar refractivity (Wildman–Crippen MR) is 92.1 cm³/mol. The summed E-state index contributed by atoms with van der Waals surface area (Å²) in [6.07, 6.45) is 5.85. The fraction of sp³-hybridized carbons (Fsp3) is 0.833. The molecule has 1 N–H and O–H groups in total. The van der Waals surface area contributed by atoms with Gasteiger partial charge in [-0.25, -0.2) is 4.79 Å². The van der Waals surface area contributed by atoms with Gasteiger partial charge in [0.1, 0.15) is 18.7 Å². The SMILES string of the molecule is CC(C)(C)OC(=O)N(CC(=O)O)CC(=O)N1CCCC2CCCCC21. The van der Waals surface area contributed by atoms with Crippen molar-refractivity contribution in [2.75, 3.05) is 19.6 Å². The third-order valence-electron chi connectivity index (χ3n) is 4.87. The van der Waals surface area contributed by atoms with Crippen molar-refractivity contribution in [1.82, 2.24) is 9.80 Å². The summed E-state index contributed by atoms with van der Waals surface area (Å²) in [5, 5.41) is 9.07. The molecule has 1 heterocycles. The van der Waals surface area contributed by atoms with E-state index in [9.17, 15) is 14.4 Å². The summed E-state index contributed by atoms with van der Waals surface area (Å²) in [4.78, 5) is 39.0. The second-order valence-corrected chi connectivity index (χ2v) is 8.07. The van der Waals surface area contributed by atoms with E-state index >= 15 is 0 Å². The van der Waals surface area contributed by atoms with Crippen molar-refractivity contribution in [2.24, 2.45) is 5.92 Å². The summed E-state index contributed by atoms with van der Waals surface area (Å²) >= 11 is 0. The molecule has 2 fully saturated rings. The van der Waals surface area contributed by atoms with Gasteiger partial charge in [0, 0.05) is 12.6 Å². The van der Waals surface area contributed by atoms with Crippen molar-refractivity contribution in [3.63, 3.8) is 0 Å². The number of hydrogen-bond acceptors (Lipinski definition) is 4. The molecule has 2 amide bonds. The molecule has 0 aromatic rings. The molecule has 1 saturated heterocycles. The number of hydrogen-bond donors (Lipinski definition) is 1. The summed E-state index contributed by atoms with van der Waals surface area (Å²) in [6.45, 7) is 5.04. The highest BCUT2D eigenvalue weighted by Gasteiger charge is 2.37. The maximum Gasteiger partial charge on any atom is 0.411 e. The summed E-state index contributed by atoms with van der Waals surface area (Å²) in [7, 11) is 0. The minimum absolute atomic E-state index is 0.177. The molecule has 0 aromatic heterocycles. The standard InChI is InChI=1S/C18H30N2O5/c1-18(2,3)25-17(24)19(12-16(22)23)11-15(21)20-10-6-8-13-7-4-5-9-14(13)20/h13-14H,4-12H2,1-3H3,(H,22,23). The number of amides is 2. The molecule has 0 aromatic carbocycles. The number of piperidine rings is 1. The molecule has 0 spiro atoms. The van der Waals surface area contributed by atoms with Crippen LogP contribution in [-0.4, -0.2) is 64.2 Å². The average molecular weight is 354 g/mol. The van der Waals surface area contributed by atoms with Crippen LogP contribution in [0.15, 0.2) is 0 Å². The molecule has 1 aliphatic carbocycles. The van der Waals surface area contributed by atoms with E-state index in [-0.39, 0.29) is 18.5 Å². The number of carboxylic acids is 1. The molecule has 0 radical (unpaired) electrons. The van der Waals surface area contributed by atoms with Crippen molar-refractivity contribution in [1.29, 1.82) is 0 Å². The molecule has 1 saturated carbocycles. The number of nitrogens with zero attached hydrogens (tertiary/aromatic N) is 2. The van der Waals surface area contributed by atoms with Crippen LogP contribution in [-0.2, 0) is 14.3 Å². The van der Waals surface area contributed by atoms with E-state index in [2.05, 4.69) is 0 Å². The topological polar surface area (TPSA) is 87.1 Å². The second kappa shape index (κ2) is 8.06. The van der Waals surface area contributed by atoms with Crippen molar-refractivity contribution >= 4 is 18.0 Å². The van der Waals surface area contributed by atoms with Crippen LogP contribution >= 0.6 is 0 Å². The van der Waals surface area contributed by atoms with Crippen LogP contribution in [0.2, 0.25) is 0 Å². The first-order valence-electron chi connectivity index (χ1n) is 9.16. The zero-order valence-electron chi connectivity index (χ0n) is 15.5. The maximum atomic E-state index is 12.8. The van der Waals surface area contributed by atoms with Gasteiger partial charge in [0.05, 0.1) is 0 Å². The molecule has 0 bridgehead atoms. The van der Waals surface area contributed by atoms with Crippen LogP contribution in [0.25, 0.3) is 0 Å². The fourth-order valence-corrected chi connectivity index (χ4v) is 3.86. The van der Waals surface area contributed by atoms with Gasteiger partial charge < -0.3 is 14.7 Å². The van der Waals surface area contributed by atoms with Crippen LogP contribution in [0.5, 0.6) is 0 Å². The Hall–Kier alpha value is -1.79. The highest BCUT2D eigenvalue weighted by atomic mass is 16.6. The molecular formula is C18H30N2O5. The van der Waals surface area contributed by atoms with Crippen LogP contribution in [0.4, 0.5) is 4.79 Å². The zero-order valence-corrected chi connectivity index (χ0v) is 15.5. The van der Waals surface area contributed by atoms with Crippen LogP contribution in [0.3, 0.4) is 0 Å². The van der Waals surface area contributed by atoms with Gasteiger partial charge in [-0.3, -0.25) is 14.5 Å². The molecule has 142 valence electrons. The highest BCUT2D eigenvalue weighted by molar-refractivity contribution is 5.85. The number of aliphatic carboxylic acids is 1. The summed E-state index contributed by atoms with van der Waals surface area (Å²) in [6, 6.07) is 0.236. The van der Waals surface area contributed by atoms with E-state index in [4.69, 9.17) is 9.84 Å². The van der Waals surface area contributed by atoms with E-state index in [1.54, 1.807) is 20.8 Å². The lowest BCUT2D eigenvalue weighted by Crippen LogP contribution is -2.53. The van der Waals surface area contributed by atoms with Gasteiger partial charge in [-0.1, -0.05) is 12.8 Å². The van der Waals surface area contributed by atoms with E-state index < -0.39 is 24.2 Å². The van der Waals surface area contributed by atoms with E-state index in [1.807, 2.05) is 4.90 Å². The van der Waals surface area contributed by atoms with Crippen molar-refractivity contribution in [2.45, 2.75) is 70.9 Å². The van der Waals surface area contributed by atoms with Gasteiger partial charge in [0.25, 0.3) is 0 Å². The first kappa shape index (κ1) is 19.5. The summed E-state index contributed by atoms with van der Waals surface area (Å²) < 4.78 is 5.25. The van der Waals surface area contributed by atoms with Crippen molar-refractivity contribution in [3.05, 3.63) is 0 Å². The van der Waals surface area contributed by atoms with Gasteiger partial charge in [0.15, 0.2) is 0 Å². The maximum absolute atomic E-state index is 12.8. The van der Waals surface area contributed by atoms with Crippen molar-refractivity contribution in [3.8, 4) is 0 Å². The minimum Gasteiger partial charge on any atom is -0.480 e. The van der Waals surface area contributed by atoms with Crippen LogP contribution < -0.4 is 0 Å². The third-order valence-corrected chi connectivity index (χ3v) is 4.87. The Labute approximate surface area is 149 Å². The zero-order chi connectivity index (χ0) is 18.6. The Morgan fingerprint density at radius 3 is 2.36 bits per heavy atom. The van der Waals surface area contributed by atoms with E-state index in [0.717, 1.165) is 37.0 Å². The van der Waals surface area contributed by atoms with Gasteiger partial charge in [-0.05, 0) is 52.4 Å². The van der Waals surface area contributed by atoms with Crippen LogP contribution in [0, 0.1) is 5.92 Å². The molecule has 1 aliphatic heterocycles. The molecule has 2 unspecified atom stereocenters. The lowest BCUT2D eigenvalue weighted by atomic mass is 9.78. The first-order valence-corrected chi connectivity index (χ1v) is 9.16. The Morgan fingerprint density at radius 1 is 1.08 bits per heavy atom. The van der Waals surface area contributed by atoms with Gasteiger partial charge in [0.2, 0.25) is 5.91 Å². The molecule has 7 nitrogen and oxygen atoms in total. The Morgan fingerprint density at radius 2 is 1.72 bits per heavy atom. The molecular weight excluding hydrogens is 324 g/mol. The minimum atomic E-state index is -1.16. The normalized spacial score (nSPS) is 23.6. The highest BCUT2D eigenvalue weighted by Crippen LogP contribution is 2.35. The molecule has 2 aliphatic rings. The van der Waals surface area contributed by atoms with Gasteiger partial charge >= 0.3 is 12.1 Å². The number of carboxylic acid groups (broad SMARTS) is 1. The average Bonchev–Trinajstić information content (AvgIpc) is 2.51. The molecule has 7 heteroatoms. The smallest absolute Gasteiger partial charge is 0.411 e. The Bertz CT molecular complexity index is 512. The quantitative estimate of drug-likeness (QED) is 0.838. The monoisotopic (exact) mass is 354 g/mol. The van der Waals surface area contributed by atoms with Gasteiger partial charge in [-0.15, -0.1) is 0 Å². The van der Waals surface area contributed by atoms with E-state index in [1.165, 1.54) is 6.42 Å². The largest absolute Gasteiger partial charge is 0.480 e. The summed E-state index contributed by atoms with van der Waals surface area (Å²) in [5.41, 5.74) is -0.740. The van der Waals surface area contributed by atoms with E-state index in [0.29, 0.717) is 12.5 Å². The Balaban J connectivity index is 2.04. The summed E-state index contributed by atoms with van der Waals surface area (Å²) in [5.74, 6) is -0.794. The number of ether oxygens (including phenoxy) is 1. The third kappa shape index (κ3) is 5.61. The number of rotatable bonds is 4. The molecule has 2 rings (SSSR count). The number of fused-ring (bicyclic) bond motifs is 1. The lowest BCUT2D eigenvalue weighted by Gasteiger charge is -2.44. The predicted octanol–water partition coefficient (Wildman–Crippen LogP) is 2.49. The number of carbonyl (C=O) groups is 3. The number of likely N-dealkylation sites (tertiary alicyclic amines) is 1. The fourth-order valence-electron chi connectivity index (χ4n) is 3.86. The molecule has 2 atom stereocenters. The number of carbonyl (C=O) groups excluding carboxylic acids is 2. The van der Waals surface area contributed by atoms with Crippen molar-refractivity contribution < 1.29 is 24.2 Å². The lowest BCUT2D eigenvalue weighted by molar-refractivity contribution is -0.141. The Kier molecular flexibility index (Phi) is 6.30. The second-order valence-electron chi connectivity index (χ2n) is 8.07. The molecule has 25 heavy (non-hydrogen) atoms.